The van der Waals surface area contributed by atoms with E-state index in [0.717, 1.165) is 5.88 Å². The largest absolute Gasteiger partial charge is 0.323 e. The summed E-state index contributed by atoms with van der Waals surface area (Å²) in [5, 5.41) is 0. The molecule has 0 aromatic carbocycles. The zero-order chi connectivity index (χ0) is 11.6. The van der Waals surface area contributed by atoms with Gasteiger partial charge in [0.25, 0.3) is 0 Å². The SMILES string of the molecule is CCCCCCCCS(CC)(CC)CN. The number of hydrogen-bond donors (Lipinski definition) is 1. The van der Waals surface area contributed by atoms with Crippen molar-refractivity contribution in [1.29, 1.82) is 0 Å². The van der Waals surface area contributed by atoms with Crippen molar-refractivity contribution in [2.24, 2.45) is 5.73 Å². The Bertz CT molecular complexity index is 124. The Balaban J connectivity index is 3.54. The highest BCUT2D eigenvalue weighted by molar-refractivity contribution is 8.33. The van der Waals surface area contributed by atoms with E-state index in [9.17, 15) is 0 Å². The predicted molar refractivity (Wildman–Crippen MR) is 76.0 cm³/mol. The first-order chi connectivity index (χ1) is 7.24. The van der Waals surface area contributed by atoms with E-state index in [1.165, 1.54) is 55.8 Å². The molecule has 0 amide bonds. The Morgan fingerprint density at radius 2 is 1.33 bits per heavy atom. The number of hydrogen-bond acceptors (Lipinski definition) is 1. The standard InChI is InChI=1S/C13H31NS/c1-4-7-8-9-10-11-12-15(5-2,6-3)13-14/h4-14H2,1-3H3. The maximum atomic E-state index is 5.93. The quantitative estimate of drug-likeness (QED) is 0.565. The maximum absolute atomic E-state index is 5.93. The van der Waals surface area contributed by atoms with Crippen LogP contribution in [-0.2, 0) is 0 Å². The van der Waals surface area contributed by atoms with Crippen molar-refractivity contribution in [3.63, 3.8) is 0 Å². The van der Waals surface area contributed by atoms with Gasteiger partial charge in [-0.3, -0.25) is 0 Å². The Morgan fingerprint density at radius 3 is 1.80 bits per heavy atom. The summed E-state index contributed by atoms with van der Waals surface area (Å²) in [4.78, 5) is 0. The van der Waals surface area contributed by atoms with Gasteiger partial charge in [-0.1, -0.05) is 52.9 Å². The summed E-state index contributed by atoms with van der Waals surface area (Å²) in [6.07, 6.45) is 8.46. The monoisotopic (exact) mass is 233 g/mol. The third kappa shape index (κ3) is 6.47. The first-order valence-corrected chi connectivity index (χ1v) is 8.99. The summed E-state index contributed by atoms with van der Waals surface area (Å²) in [7, 11) is -0.425. The van der Waals surface area contributed by atoms with Crippen LogP contribution in [0.3, 0.4) is 0 Å². The minimum absolute atomic E-state index is 0.425. The fourth-order valence-electron chi connectivity index (χ4n) is 2.00. The van der Waals surface area contributed by atoms with Crippen molar-refractivity contribution in [3.8, 4) is 0 Å². The fourth-order valence-corrected chi connectivity index (χ4v) is 4.44. The molecule has 0 aliphatic rings. The van der Waals surface area contributed by atoms with Gasteiger partial charge < -0.3 is 5.73 Å². The fraction of sp³-hybridized carbons (Fsp3) is 1.00. The first kappa shape index (κ1) is 15.3. The molecule has 0 unspecified atom stereocenters. The van der Waals surface area contributed by atoms with Gasteiger partial charge in [0.15, 0.2) is 0 Å². The summed E-state index contributed by atoms with van der Waals surface area (Å²) < 4.78 is 0. The predicted octanol–water partition coefficient (Wildman–Crippen LogP) is 4.11. The molecular formula is C13H31NS. The van der Waals surface area contributed by atoms with Gasteiger partial charge in [-0.25, -0.2) is 10.0 Å². The van der Waals surface area contributed by atoms with Crippen molar-refractivity contribution >= 4 is 10.0 Å². The molecule has 0 aromatic heterocycles. The van der Waals surface area contributed by atoms with Crippen molar-refractivity contribution in [1.82, 2.24) is 0 Å². The topological polar surface area (TPSA) is 26.0 Å². The molecule has 0 aliphatic heterocycles. The number of rotatable bonds is 10. The van der Waals surface area contributed by atoms with Crippen LogP contribution in [0.2, 0.25) is 0 Å². The molecule has 1 nitrogen and oxygen atoms in total. The second-order valence-corrected chi connectivity index (χ2v) is 8.79. The second kappa shape index (κ2) is 9.53. The van der Waals surface area contributed by atoms with Crippen LogP contribution in [0.4, 0.5) is 0 Å². The zero-order valence-electron chi connectivity index (χ0n) is 11.1. The molecule has 2 N–H and O–H groups in total. The van der Waals surface area contributed by atoms with Crippen LogP contribution in [0, 0.1) is 0 Å². The molecule has 0 saturated carbocycles. The van der Waals surface area contributed by atoms with Gasteiger partial charge in [0.1, 0.15) is 0 Å². The first-order valence-electron chi connectivity index (χ1n) is 6.68. The van der Waals surface area contributed by atoms with E-state index in [2.05, 4.69) is 20.8 Å². The highest BCUT2D eigenvalue weighted by atomic mass is 32.3. The van der Waals surface area contributed by atoms with Gasteiger partial charge >= 0.3 is 0 Å². The van der Waals surface area contributed by atoms with Gasteiger partial charge in [0.05, 0.1) is 0 Å². The molecule has 0 rings (SSSR count). The smallest absolute Gasteiger partial charge is 0.0235 e. The molecule has 0 heterocycles. The molecule has 0 aromatic rings. The number of nitrogens with two attached hydrogens (primary N) is 1. The number of unbranched alkanes of at least 4 members (excludes halogenated alkanes) is 5. The Labute approximate surface area is 98.5 Å². The van der Waals surface area contributed by atoms with Crippen molar-refractivity contribution in [2.75, 3.05) is 23.1 Å². The Morgan fingerprint density at radius 1 is 0.800 bits per heavy atom. The van der Waals surface area contributed by atoms with Crippen LogP contribution in [-0.4, -0.2) is 23.1 Å². The minimum Gasteiger partial charge on any atom is -0.323 e. The lowest BCUT2D eigenvalue weighted by Gasteiger charge is -2.37. The normalized spacial score (nSPS) is 13.1. The van der Waals surface area contributed by atoms with Crippen LogP contribution in [0.1, 0.15) is 59.3 Å². The molecular weight excluding hydrogens is 202 g/mol. The van der Waals surface area contributed by atoms with Gasteiger partial charge in [0, 0.05) is 5.88 Å². The average molecular weight is 233 g/mol. The summed E-state index contributed by atoms with van der Waals surface area (Å²) in [6, 6.07) is 0. The van der Waals surface area contributed by atoms with E-state index in [-0.39, 0.29) is 0 Å². The lowest BCUT2D eigenvalue weighted by Crippen LogP contribution is -2.20. The van der Waals surface area contributed by atoms with E-state index in [1.807, 2.05) is 0 Å². The summed E-state index contributed by atoms with van der Waals surface area (Å²) in [5.41, 5.74) is 5.93. The third-order valence-corrected chi connectivity index (χ3v) is 7.82. The average Bonchev–Trinajstić information content (AvgIpc) is 2.29. The van der Waals surface area contributed by atoms with Crippen molar-refractivity contribution in [2.45, 2.75) is 59.3 Å². The van der Waals surface area contributed by atoms with Crippen LogP contribution in [0.15, 0.2) is 0 Å². The van der Waals surface area contributed by atoms with E-state index >= 15 is 0 Å². The van der Waals surface area contributed by atoms with Crippen LogP contribution >= 0.6 is 10.0 Å². The van der Waals surface area contributed by atoms with Gasteiger partial charge in [0.2, 0.25) is 0 Å². The van der Waals surface area contributed by atoms with Crippen LogP contribution in [0.5, 0.6) is 0 Å². The molecule has 0 aliphatic carbocycles. The molecule has 0 fully saturated rings. The Kier molecular flexibility index (Phi) is 9.73. The highest BCUT2D eigenvalue weighted by Gasteiger charge is 2.16. The molecule has 94 valence electrons. The molecule has 0 saturated heterocycles. The lowest BCUT2D eigenvalue weighted by atomic mass is 10.1. The molecule has 0 atom stereocenters. The molecule has 0 radical (unpaired) electrons. The van der Waals surface area contributed by atoms with Crippen LogP contribution < -0.4 is 5.73 Å². The second-order valence-electron chi connectivity index (χ2n) is 4.44. The van der Waals surface area contributed by atoms with E-state index in [0.29, 0.717) is 0 Å². The van der Waals surface area contributed by atoms with Crippen molar-refractivity contribution < 1.29 is 0 Å². The highest BCUT2D eigenvalue weighted by Crippen LogP contribution is 2.46. The summed E-state index contributed by atoms with van der Waals surface area (Å²) in [5.74, 6) is 5.03. The van der Waals surface area contributed by atoms with Gasteiger partial charge in [-0.2, -0.15) is 0 Å². The van der Waals surface area contributed by atoms with E-state index in [1.54, 1.807) is 0 Å². The van der Waals surface area contributed by atoms with Gasteiger partial charge in [-0.15, -0.1) is 0 Å². The van der Waals surface area contributed by atoms with E-state index < -0.39 is 10.0 Å². The molecule has 15 heavy (non-hydrogen) atoms. The molecule has 0 bridgehead atoms. The lowest BCUT2D eigenvalue weighted by molar-refractivity contribution is 0.626. The molecule has 2 heteroatoms. The zero-order valence-corrected chi connectivity index (χ0v) is 11.9. The van der Waals surface area contributed by atoms with Gasteiger partial charge in [-0.05, 0) is 23.7 Å². The third-order valence-electron chi connectivity index (χ3n) is 3.51. The Hall–Kier alpha value is 0.310. The minimum atomic E-state index is -0.425. The van der Waals surface area contributed by atoms with E-state index in [4.69, 9.17) is 5.73 Å². The summed E-state index contributed by atoms with van der Waals surface area (Å²) in [6.45, 7) is 6.92. The maximum Gasteiger partial charge on any atom is 0.0235 e. The summed E-state index contributed by atoms with van der Waals surface area (Å²) >= 11 is 0. The van der Waals surface area contributed by atoms with Crippen molar-refractivity contribution in [3.05, 3.63) is 0 Å². The van der Waals surface area contributed by atoms with Crippen LogP contribution in [0.25, 0.3) is 0 Å². The molecule has 0 spiro atoms.